The van der Waals surface area contributed by atoms with Gasteiger partial charge < -0.3 is 19.3 Å². The fourth-order valence-electron chi connectivity index (χ4n) is 3.79. The van der Waals surface area contributed by atoms with Crippen molar-refractivity contribution in [3.05, 3.63) is 115 Å². The lowest BCUT2D eigenvalue weighted by molar-refractivity contribution is 0.0519. The first-order valence-corrected chi connectivity index (χ1v) is 14.2. The topological polar surface area (TPSA) is 73.6 Å². The Labute approximate surface area is 234 Å². The first-order chi connectivity index (χ1) is 19.3. The second-order valence-corrected chi connectivity index (χ2v) is 12.0. The number of halogens is 1. The maximum atomic E-state index is 13.1. The third-order valence-electron chi connectivity index (χ3n) is 5.45. The molecule has 0 aliphatic carbocycles. The highest BCUT2D eigenvalue weighted by molar-refractivity contribution is 7.79. The van der Waals surface area contributed by atoms with Crippen LogP contribution in [0.25, 0.3) is 11.0 Å². The number of carbonyl (C=O) groups is 1. The van der Waals surface area contributed by atoms with E-state index in [2.05, 4.69) is 101 Å². The van der Waals surface area contributed by atoms with Gasteiger partial charge in [0.2, 0.25) is 0 Å². The number of benzene rings is 4. The van der Waals surface area contributed by atoms with Crippen LogP contribution in [0.2, 0.25) is 0 Å². The van der Waals surface area contributed by atoms with E-state index in [0.717, 1.165) is 0 Å². The molecule has 206 valence electrons. The van der Waals surface area contributed by atoms with Crippen molar-refractivity contribution in [1.29, 1.82) is 0 Å². The molecule has 5 rings (SSSR count). The van der Waals surface area contributed by atoms with Crippen molar-refractivity contribution < 1.29 is 23.2 Å². The summed E-state index contributed by atoms with van der Waals surface area (Å²) in [6, 6.07) is 36.4. The second-order valence-electron chi connectivity index (χ2n) is 9.75. The number of nitrogens with one attached hydrogen (secondary N) is 1. The molecule has 6 nitrogen and oxygen atoms in total. The Bertz CT molecular complexity index is 1400. The molecular weight excluding hydrogens is 526 g/mol. The molecule has 0 atom stereocenters. The zero-order chi connectivity index (χ0) is 28.4. The zero-order valence-electron chi connectivity index (χ0n) is 22.7. The fraction of sp³-hybridized carbons (Fsp3) is 0.188. The van der Waals surface area contributed by atoms with Crippen LogP contribution in [0.4, 0.5) is 9.18 Å². The molecular formula is C32H32FN2O4P. The van der Waals surface area contributed by atoms with Crippen LogP contribution < -0.4 is 26.0 Å². The SMILES string of the molecule is CC(C)(C)OC(=O)NCCOc1noc2ccc(F)cc12.c1ccc(P(c2ccccc2)c2ccccc2)cc1. The minimum absolute atomic E-state index is 0.164. The number of fused-ring (bicyclic) bond motifs is 1. The lowest BCUT2D eigenvalue weighted by Crippen LogP contribution is -2.34. The van der Waals surface area contributed by atoms with Gasteiger partial charge in [0, 0.05) is 0 Å². The highest BCUT2D eigenvalue weighted by Gasteiger charge is 2.16. The summed E-state index contributed by atoms with van der Waals surface area (Å²) in [6.07, 6.45) is -0.526. The molecule has 1 amide bonds. The smallest absolute Gasteiger partial charge is 0.407 e. The van der Waals surface area contributed by atoms with Gasteiger partial charge in [-0.15, -0.1) is 0 Å². The van der Waals surface area contributed by atoms with E-state index in [1.807, 2.05) is 0 Å². The van der Waals surface area contributed by atoms with Gasteiger partial charge in [0.25, 0.3) is 5.88 Å². The van der Waals surface area contributed by atoms with E-state index in [1.165, 1.54) is 34.1 Å². The van der Waals surface area contributed by atoms with E-state index in [9.17, 15) is 9.18 Å². The van der Waals surface area contributed by atoms with E-state index < -0.39 is 25.4 Å². The first-order valence-electron chi connectivity index (χ1n) is 12.9. The molecule has 8 heteroatoms. The van der Waals surface area contributed by atoms with Gasteiger partial charge in [-0.05, 0) is 68.0 Å². The number of nitrogens with zero attached hydrogens (tertiary/aromatic N) is 1. The number of carbonyl (C=O) groups excluding carboxylic acids is 1. The van der Waals surface area contributed by atoms with Gasteiger partial charge >= 0.3 is 6.09 Å². The molecule has 0 spiro atoms. The molecule has 5 aromatic rings. The van der Waals surface area contributed by atoms with Crippen LogP contribution in [0, 0.1) is 5.82 Å². The lowest BCUT2D eigenvalue weighted by Gasteiger charge is -2.19. The largest absolute Gasteiger partial charge is 0.473 e. The summed E-state index contributed by atoms with van der Waals surface area (Å²) >= 11 is 0. The molecule has 0 saturated heterocycles. The van der Waals surface area contributed by atoms with Crippen LogP contribution in [-0.2, 0) is 4.74 Å². The summed E-state index contributed by atoms with van der Waals surface area (Å²) in [5.41, 5.74) is -0.114. The average Bonchev–Trinajstić information content (AvgIpc) is 3.34. The number of hydrogen-bond acceptors (Lipinski definition) is 5. The number of ether oxygens (including phenoxy) is 2. The lowest BCUT2D eigenvalue weighted by atomic mass is 10.2. The minimum atomic E-state index is -0.551. The van der Waals surface area contributed by atoms with Gasteiger partial charge in [0.15, 0.2) is 5.58 Å². The van der Waals surface area contributed by atoms with E-state index in [1.54, 1.807) is 20.8 Å². The fourth-order valence-corrected chi connectivity index (χ4v) is 6.09. The Kier molecular flexibility index (Phi) is 9.87. The monoisotopic (exact) mass is 558 g/mol. The van der Waals surface area contributed by atoms with Crippen LogP contribution in [0.5, 0.6) is 5.88 Å². The second kappa shape index (κ2) is 13.7. The van der Waals surface area contributed by atoms with Crippen molar-refractivity contribution in [2.45, 2.75) is 26.4 Å². The highest BCUT2D eigenvalue weighted by atomic mass is 31.1. The Morgan fingerprint density at radius 1 is 0.850 bits per heavy atom. The quantitative estimate of drug-likeness (QED) is 0.187. The Morgan fingerprint density at radius 3 is 1.88 bits per heavy atom. The molecule has 0 saturated carbocycles. The summed E-state index contributed by atoms with van der Waals surface area (Å²) < 4.78 is 28.6. The molecule has 0 unspecified atom stereocenters. The van der Waals surface area contributed by atoms with Crippen LogP contribution in [-0.4, -0.2) is 30.0 Å². The van der Waals surface area contributed by atoms with Crippen molar-refractivity contribution in [3.63, 3.8) is 0 Å². The Balaban J connectivity index is 0.000000186. The van der Waals surface area contributed by atoms with Crippen LogP contribution >= 0.6 is 7.92 Å². The molecule has 40 heavy (non-hydrogen) atoms. The van der Waals surface area contributed by atoms with Crippen molar-refractivity contribution in [1.82, 2.24) is 10.5 Å². The van der Waals surface area contributed by atoms with Gasteiger partial charge in [0.1, 0.15) is 18.0 Å². The van der Waals surface area contributed by atoms with Crippen LogP contribution in [0.1, 0.15) is 20.8 Å². The minimum Gasteiger partial charge on any atom is -0.473 e. The average molecular weight is 559 g/mol. The van der Waals surface area contributed by atoms with Crippen molar-refractivity contribution in [3.8, 4) is 5.88 Å². The molecule has 0 aliphatic rings. The van der Waals surface area contributed by atoms with E-state index >= 15 is 0 Å². The molecule has 0 radical (unpaired) electrons. The highest BCUT2D eigenvalue weighted by Crippen LogP contribution is 2.32. The van der Waals surface area contributed by atoms with Crippen LogP contribution in [0.3, 0.4) is 0 Å². The van der Waals surface area contributed by atoms with E-state index in [4.69, 9.17) is 14.0 Å². The molecule has 1 aromatic heterocycles. The van der Waals surface area contributed by atoms with Gasteiger partial charge in [0.05, 0.1) is 11.9 Å². The number of alkyl carbamates (subject to hydrolysis) is 1. The van der Waals surface area contributed by atoms with Gasteiger partial charge in [-0.25, -0.2) is 9.18 Å². The Morgan fingerprint density at radius 2 is 1.38 bits per heavy atom. The molecule has 0 bridgehead atoms. The van der Waals surface area contributed by atoms with E-state index in [-0.39, 0.29) is 19.0 Å². The molecule has 0 aliphatic heterocycles. The third kappa shape index (κ3) is 8.39. The summed E-state index contributed by atoms with van der Waals surface area (Å²) in [5, 5.41) is 10.9. The number of hydrogen-bond donors (Lipinski definition) is 1. The van der Waals surface area contributed by atoms with Gasteiger partial charge in [-0.3, -0.25) is 0 Å². The summed E-state index contributed by atoms with van der Waals surface area (Å²) in [6.45, 7) is 5.73. The zero-order valence-corrected chi connectivity index (χ0v) is 23.6. The molecule has 1 N–H and O–H groups in total. The summed E-state index contributed by atoms with van der Waals surface area (Å²) in [7, 11) is -0.446. The van der Waals surface area contributed by atoms with Crippen molar-refractivity contribution in [2.75, 3.05) is 13.2 Å². The summed E-state index contributed by atoms with van der Waals surface area (Å²) in [4.78, 5) is 11.4. The molecule has 1 heterocycles. The van der Waals surface area contributed by atoms with Gasteiger partial charge in [-0.1, -0.05) is 91.0 Å². The van der Waals surface area contributed by atoms with Crippen molar-refractivity contribution >= 4 is 40.9 Å². The number of amides is 1. The van der Waals surface area contributed by atoms with Crippen LogP contribution in [0.15, 0.2) is 114 Å². The third-order valence-corrected chi connectivity index (χ3v) is 7.89. The predicted octanol–water partition coefficient (Wildman–Crippen LogP) is 6.32. The molecule has 4 aromatic carbocycles. The maximum absolute atomic E-state index is 13.1. The first kappa shape index (κ1) is 28.8. The normalized spacial score (nSPS) is 11.0. The summed E-state index contributed by atoms with van der Waals surface area (Å²) in [5.74, 6) is -0.210. The molecule has 0 fully saturated rings. The maximum Gasteiger partial charge on any atom is 0.407 e. The predicted molar refractivity (Wildman–Crippen MR) is 159 cm³/mol. The number of aromatic nitrogens is 1. The standard InChI is InChI=1S/C18H15P.C14H17FN2O4/c1-4-10-16(11-5-1)19(17-12-6-2-7-13-17)18-14-8-3-9-15-18;1-14(2,3)20-13(18)16-6-7-19-12-10-8-9(15)4-5-11(10)21-17-12/h1-15H;4-5,8H,6-7H2,1-3H3,(H,16,18). The van der Waals surface area contributed by atoms with Gasteiger partial charge in [-0.2, -0.15) is 0 Å². The van der Waals surface area contributed by atoms with E-state index in [0.29, 0.717) is 11.0 Å². The Hall–Kier alpha value is -4.22. The number of rotatable bonds is 7. The van der Waals surface area contributed by atoms with Crippen molar-refractivity contribution in [2.24, 2.45) is 0 Å².